The number of nitrogens with zero attached hydrogens (tertiary/aromatic N) is 1. The van der Waals surface area contributed by atoms with Gasteiger partial charge in [0, 0.05) is 16.8 Å². The van der Waals surface area contributed by atoms with Crippen molar-refractivity contribution >= 4 is 5.82 Å². The van der Waals surface area contributed by atoms with Crippen LogP contribution < -0.4 is 11.4 Å². The molecule has 16 heavy (non-hydrogen) atoms. The second-order valence-corrected chi connectivity index (χ2v) is 3.41. The Balaban J connectivity index is 2.75. The van der Waals surface area contributed by atoms with Crippen LogP contribution in [0.2, 0.25) is 0 Å². The lowest BCUT2D eigenvalue weighted by Crippen LogP contribution is -2.15. The SMILES string of the molecule is Cc1[nH]c(=O)nc(N)c1-c1ccccc1F. The Labute approximate surface area is 91.0 Å². The van der Waals surface area contributed by atoms with Gasteiger partial charge in [0.15, 0.2) is 0 Å². The molecule has 0 fully saturated rings. The van der Waals surface area contributed by atoms with E-state index in [1.165, 1.54) is 6.07 Å². The summed E-state index contributed by atoms with van der Waals surface area (Å²) in [5.74, 6) is -0.363. The number of halogens is 1. The molecule has 0 radical (unpaired) electrons. The minimum Gasteiger partial charge on any atom is -0.383 e. The number of anilines is 1. The summed E-state index contributed by atoms with van der Waals surface area (Å²) in [4.78, 5) is 17.1. The molecule has 0 unspecified atom stereocenters. The molecular formula is C11H10FN3O. The van der Waals surface area contributed by atoms with Gasteiger partial charge in [-0.05, 0) is 13.0 Å². The maximum absolute atomic E-state index is 13.6. The van der Waals surface area contributed by atoms with E-state index in [0.29, 0.717) is 16.8 Å². The molecule has 0 aliphatic carbocycles. The van der Waals surface area contributed by atoms with Gasteiger partial charge in [-0.25, -0.2) is 9.18 Å². The Morgan fingerprint density at radius 2 is 2.06 bits per heavy atom. The van der Waals surface area contributed by atoms with Gasteiger partial charge in [0.05, 0.1) is 0 Å². The van der Waals surface area contributed by atoms with Gasteiger partial charge in [-0.1, -0.05) is 18.2 Å². The molecule has 0 spiro atoms. The molecule has 1 aromatic heterocycles. The van der Waals surface area contributed by atoms with E-state index < -0.39 is 11.5 Å². The normalized spacial score (nSPS) is 10.4. The molecule has 82 valence electrons. The fourth-order valence-electron chi connectivity index (χ4n) is 1.61. The average molecular weight is 219 g/mol. The first kappa shape index (κ1) is 10.4. The lowest BCUT2D eigenvalue weighted by atomic mass is 10.0. The molecule has 4 nitrogen and oxygen atoms in total. The van der Waals surface area contributed by atoms with Crippen LogP contribution in [0.25, 0.3) is 11.1 Å². The van der Waals surface area contributed by atoms with Crippen molar-refractivity contribution in [3.63, 3.8) is 0 Å². The zero-order chi connectivity index (χ0) is 11.7. The van der Waals surface area contributed by atoms with E-state index >= 15 is 0 Å². The van der Waals surface area contributed by atoms with Crippen LogP contribution in [0.15, 0.2) is 29.1 Å². The van der Waals surface area contributed by atoms with Crippen molar-refractivity contribution in [2.45, 2.75) is 6.92 Å². The summed E-state index contributed by atoms with van der Waals surface area (Å²) in [6.07, 6.45) is 0. The second-order valence-electron chi connectivity index (χ2n) is 3.41. The van der Waals surface area contributed by atoms with Gasteiger partial charge in [0.2, 0.25) is 0 Å². The van der Waals surface area contributed by atoms with Crippen LogP contribution in [0.4, 0.5) is 10.2 Å². The highest BCUT2D eigenvalue weighted by molar-refractivity contribution is 5.75. The number of nitrogens with two attached hydrogens (primary N) is 1. The van der Waals surface area contributed by atoms with E-state index in [1.807, 2.05) is 0 Å². The maximum Gasteiger partial charge on any atom is 0.347 e. The molecule has 5 heteroatoms. The van der Waals surface area contributed by atoms with Crippen LogP contribution in [0.1, 0.15) is 5.69 Å². The Hall–Kier alpha value is -2.17. The summed E-state index contributed by atoms with van der Waals surface area (Å²) in [5.41, 5.74) is 6.36. The first-order chi connectivity index (χ1) is 7.59. The molecule has 0 amide bonds. The standard InChI is InChI=1S/C11H10FN3O/c1-6-9(10(13)15-11(16)14-6)7-4-2-3-5-8(7)12/h2-5H,1H3,(H3,13,14,15,16). The van der Waals surface area contributed by atoms with E-state index in [1.54, 1.807) is 25.1 Å². The van der Waals surface area contributed by atoms with Crippen LogP contribution in [0, 0.1) is 12.7 Å². The zero-order valence-corrected chi connectivity index (χ0v) is 8.62. The first-order valence-electron chi connectivity index (χ1n) is 4.71. The van der Waals surface area contributed by atoms with Crippen molar-refractivity contribution in [1.82, 2.24) is 9.97 Å². The predicted molar refractivity (Wildman–Crippen MR) is 59.4 cm³/mol. The Morgan fingerprint density at radius 1 is 1.38 bits per heavy atom. The quantitative estimate of drug-likeness (QED) is 0.762. The van der Waals surface area contributed by atoms with Gasteiger partial charge in [-0.15, -0.1) is 0 Å². The van der Waals surface area contributed by atoms with E-state index in [9.17, 15) is 9.18 Å². The second kappa shape index (κ2) is 3.77. The summed E-state index contributed by atoms with van der Waals surface area (Å²) < 4.78 is 13.6. The van der Waals surface area contributed by atoms with Crippen LogP contribution >= 0.6 is 0 Å². The van der Waals surface area contributed by atoms with E-state index in [0.717, 1.165) is 0 Å². The fraction of sp³-hybridized carbons (Fsp3) is 0.0909. The highest BCUT2D eigenvalue weighted by Crippen LogP contribution is 2.27. The molecule has 0 bridgehead atoms. The zero-order valence-electron chi connectivity index (χ0n) is 8.62. The van der Waals surface area contributed by atoms with E-state index in [2.05, 4.69) is 9.97 Å². The number of H-pyrrole nitrogens is 1. The molecule has 2 rings (SSSR count). The molecule has 3 N–H and O–H groups in total. The van der Waals surface area contributed by atoms with Gasteiger partial charge in [-0.3, -0.25) is 0 Å². The van der Waals surface area contributed by atoms with Gasteiger partial charge in [0.25, 0.3) is 0 Å². The third kappa shape index (κ3) is 1.67. The smallest absolute Gasteiger partial charge is 0.347 e. The van der Waals surface area contributed by atoms with Gasteiger partial charge < -0.3 is 10.7 Å². The van der Waals surface area contributed by atoms with Gasteiger partial charge >= 0.3 is 5.69 Å². The van der Waals surface area contributed by atoms with Crippen molar-refractivity contribution in [1.29, 1.82) is 0 Å². The van der Waals surface area contributed by atoms with Crippen molar-refractivity contribution < 1.29 is 4.39 Å². The lowest BCUT2D eigenvalue weighted by molar-refractivity contribution is 0.631. The molecule has 0 aliphatic heterocycles. The molecule has 0 atom stereocenters. The van der Waals surface area contributed by atoms with Crippen LogP contribution in [-0.4, -0.2) is 9.97 Å². The third-order valence-corrected chi connectivity index (χ3v) is 2.29. The third-order valence-electron chi connectivity index (χ3n) is 2.29. The number of aromatic nitrogens is 2. The number of aromatic amines is 1. The largest absolute Gasteiger partial charge is 0.383 e. The highest BCUT2D eigenvalue weighted by atomic mass is 19.1. The van der Waals surface area contributed by atoms with Gasteiger partial charge in [0.1, 0.15) is 11.6 Å². The van der Waals surface area contributed by atoms with Gasteiger partial charge in [-0.2, -0.15) is 4.98 Å². The highest BCUT2D eigenvalue weighted by Gasteiger charge is 2.12. The van der Waals surface area contributed by atoms with Crippen LogP contribution in [0.5, 0.6) is 0 Å². The van der Waals surface area contributed by atoms with E-state index in [-0.39, 0.29) is 5.82 Å². The Kier molecular flexibility index (Phi) is 2.44. The maximum atomic E-state index is 13.6. The summed E-state index contributed by atoms with van der Waals surface area (Å²) in [7, 11) is 0. The van der Waals surface area contributed by atoms with Crippen molar-refractivity contribution in [2.24, 2.45) is 0 Å². The predicted octanol–water partition coefficient (Wildman–Crippen LogP) is 1.47. The van der Waals surface area contributed by atoms with Crippen LogP contribution in [0.3, 0.4) is 0 Å². The number of hydrogen-bond acceptors (Lipinski definition) is 3. The fourth-order valence-corrected chi connectivity index (χ4v) is 1.61. The molecule has 0 aliphatic rings. The first-order valence-corrected chi connectivity index (χ1v) is 4.71. The Bertz CT molecular complexity index is 566. The van der Waals surface area contributed by atoms with E-state index in [4.69, 9.17) is 5.73 Å². The van der Waals surface area contributed by atoms with Crippen molar-refractivity contribution in [3.05, 3.63) is 46.3 Å². The van der Waals surface area contributed by atoms with Crippen molar-refractivity contribution in [2.75, 3.05) is 5.73 Å². The molecule has 0 saturated heterocycles. The monoisotopic (exact) mass is 219 g/mol. The molecule has 1 aromatic carbocycles. The molecule has 2 aromatic rings. The summed E-state index contributed by atoms with van der Waals surface area (Å²) in [6, 6.07) is 6.21. The average Bonchev–Trinajstić information content (AvgIpc) is 2.19. The summed E-state index contributed by atoms with van der Waals surface area (Å²) in [5, 5.41) is 0. The minimum absolute atomic E-state index is 0.0337. The molecule has 0 saturated carbocycles. The number of nitrogens with one attached hydrogen (secondary N) is 1. The number of benzene rings is 1. The molecular weight excluding hydrogens is 209 g/mol. The number of rotatable bonds is 1. The molecule has 1 heterocycles. The number of nitrogen functional groups attached to an aromatic ring is 1. The lowest BCUT2D eigenvalue weighted by Gasteiger charge is -2.08. The minimum atomic E-state index is -0.532. The van der Waals surface area contributed by atoms with Crippen molar-refractivity contribution in [3.8, 4) is 11.1 Å². The number of hydrogen-bond donors (Lipinski definition) is 2. The Morgan fingerprint density at radius 3 is 2.69 bits per heavy atom. The van der Waals surface area contributed by atoms with Crippen LogP contribution in [-0.2, 0) is 0 Å². The summed E-state index contributed by atoms with van der Waals surface area (Å²) in [6.45, 7) is 1.65. The summed E-state index contributed by atoms with van der Waals surface area (Å²) >= 11 is 0. The number of aryl methyl sites for hydroxylation is 1. The topological polar surface area (TPSA) is 71.8 Å².